The van der Waals surface area contributed by atoms with Crippen LogP contribution in [0.3, 0.4) is 0 Å². The van der Waals surface area contributed by atoms with Crippen molar-refractivity contribution in [2.24, 2.45) is 23.7 Å². The fourth-order valence-electron chi connectivity index (χ4n) is 7.21. The lowest BCUT2D eigenvalue weighted by Crippen LogP contribution is -2.27. The van der Waals surface area contributed by atoms with Gasteiger partial charge in [-0.15, -0.1) is 0 Å². The Morgan fingerprint density at radius 1 is 0.545 bits per heavy atom. The van der Waals surface area contributed by atoms with E-state index in [-0.39, 0.29) is 11.8 Å². The Bertz CT molecular complexity index is 887. The summed E-state index contributed by atoms with van der Waals surface area (Å²) in [7, 11) is 0. The first kappa shape index (κ1) is 36.5. The molecular formula is C38H60F2O4. The quantitative estimate of drug-likeness (QED) is 0.0829. The van der Waals surface area contributed by atoms with Crippen molar-refractivity contribution in [1.29, 1.82) is 0 Å². The summed E-state index contributed by atoms with van der Waals surface area (Å²) >= 11 is 0. The second-order valence-electron chi connectivity index (χ2n) is 13.8. The third-order valence-electron chi connectivity index (χ3n) is 10.2. The number of unbranched alkanes of at least 4 members (excludes halogenated alkanes) is 12. The van der Waals surface area contributed by atoms with Gasteiger partial charge < -0.3 is 9.47 Å². The second-order valence-corrected chi connectivity index (χ2v) is 13.8. The number of rotatable bonds is 20. The summed E-state index contributed by atoms with van der Waals surface area (Å²) in [6.45, 7) is 4.47. The maximum atomic E-state index is 14.9. The zero-order valence-corrected chi connectivity index (χ0v) is 27.8. The molecule has 2 saturated carbocycles. The third-order valence-corrected chi connectivity index (χ3v) is 10.2. The van der Waals surface area contributed by atoms with Gasteiger partial charge in [0.05, 0.1) is 11.8 Å². The second kappa shape index (κ2) is 20.9. The van der Waals surface area contributed by atoms with Crippen LogP contribution in [0.15, 0.2) is 12.1 Å². The van der Waals surface area contributed by atoms with Gasteiger partial charge in [0.1, 0.15) is 0 Å². The minimum absolute atomic E-state index is 0.291. The van der Waals surface area contributed by atoms with Crippen LogP contribution in [0.2, 0.25) is 0 Å². The first-order valence-corrected chi connectivity index (χ1v) is 18.3. The molecular weight excluding hydrogens is 558 g/mol. The Morgan fingerprint density at radius 3 is 1.20 bits per heavy atom. The minimum Gasteiger partial charge on any atom is -0.423 e. The van der Waals surface area contributed by atoms with Crippen LogP contribution < -0.4 is 9.47 Å². The van der Waals surface area contributed by atoms with Gasteiger partial charge in [-0.2, -0.15) is 8.78 Å². The molecule has 0 aliphatic heterocycles. The van der Waals surface area contributed by atoms with E-state index in [0.717, 1.165) is 51.4 Å². The first-order valence-electron chi connectivity index (χ1n) is 18.3. The van der Waals surface area contributed by atoms with Crippen molar-refractivity contribution >= 4 is 11.9 Å². The molecule has 3 rings (SSSR count). The SMILES string of the molecule is CCCCCCCCC[C@H]1CC[C@H](C(=O)Oc2ccc(OC(=O)[C@H]3CC[C@H](CCCCCCCCC)CC3)c(F)c2F)CC1. The van der Waals surface area contributed by atoms with E-state index in [1.165, 1.54) is 115 Å². The number of ether oxygens (including phenoxy) is 2. The first-order chi connectivity index (χ1) is 21.4. The molecule has 0 atom stereocenters. The average molecular weight is 619 g/mol. The van der Waals surface area contributed by atoms with Gasteiger partial charge in [0.2, 0.25) is 11.6 Å². The number of carbonyl (C=O) groups is 2. The fraction of sp³-hybridized carbons (Fsp3) is 0.789. The molecule has 0 aromatic heterocycles. The standard InChI is InChI=1S/C38H60F2O4/c1-3-5-7-9-11-13-15-17-29-19-23-31(24-20-29)37(41)43-33-27-28-34(36(40)35(33)39)44-38(42)32-25-21-30(22-26-32)18-16-14-12-10-8-6-4-2/h27-32H,3-26H2,1-2H3/t29-,30-,31-,32-. The normalized spacial score (nSPS) is 22.1. The molecule has 0 bridgehead atoms. The molecule has 0 unspecified atom stereocenters. The maximum absolute atomic E-state index is 14.9. The zero-order chi connectivity index (χ0) is 31.6. The topological polar surface area (TPSA) is 52.6 Å². The lowest BCUT2D eigenvalue weighted by molar-refractivity contribution is -0.141. The summed E-state index contributed by atoms with van der Waals surface area (Å²) in [5.41, 5.74) is 0. The van der Waals surface area contributed by atoms with E-state index in [9.17, 15) is 18.4 Å². The minimum atomic E-state index is -1.28. The van der Waals surface area contributed by atoms with E-state index in [1.807, 2.05) is 0 Å². The molecule has 44 heavy (non-hydrogen) atoms. The van der Waals surface area contributed by atoms with Crippen LogP contribution in [0.1, 0.15) is 168 Å². The molecule has 2 fully saturated rings. The number of hydrogen-bond donors (Lipinski definition) is 0. The molecule has 0 radical (unpaired) electrons. The predicted octanol–water partition coefficient (Wildman–Crippen LogP) is 11.7. The van der Waals surface area contributed by atoms with Crippen molar-refractivity contribution in [1.82, 2.24) is 0 Å². The molecule has 0 amide bonds. The molecule has 1 aromatic carbocycles. The van der Waals surface area contributed by atoms with E-state index >= 15 is 0 Å². The molecule has 0 heterocycles. The van der Waals surface area contributed by atoms with E-state index in [1.54, 1.807) is 0 Å². The summed E-state index contributed by atoms with van der Waals surface area (Å²) in [5, 5.41) is 0. The van der Waals surface area contributed by atoms with Crippen LogP contribution in [-0.2, 0) is 9.59 Å². The summed E-state index contributed by atoms with van der Waals surface area (Å²) < 4.78 is 40.3. The van der Waals surface area contributed by atoms with E-state index in [4.69, 9.17) is 9.47 Å². The van der Waals surface area contributed by atoms with Gasteiger partial charge in [-0.05, 0) is 75.3 Å². The Balaban J connectivity index is 1.34. The van der Waals surface area contributed by atoms with Crippen molar-refractivity contribution in [2.75, 3.05) is 0 Å². The molecule has 2 aliphatic rings. The molecule has 1 aromatic rings. The van der Waals surface area contributed by atoms with Gasteiger partial charge in [-0.25, -0.2) is 0 Å². The van der Waals surface area contributed by atoms with Crippen LogP contribution in [0.25, 0.3) is 0 Å². The highest BCUT2D eigenvalue weighted by Crippen LogP contribution is 2.36. The maximum Gasteiger partial charge on any atom is 0.314 e. The highest BCUT2D eigenvalue weighted by atomic mass is 19.2. The van der Waals surface area contributed by atoms with Crippen LogP contribution in [0.5, 0.6) is 11.5 Å². The van der Waals surface area contributed by atoms with Crippen molar-refractivity contribution in [3.63, 3.8) is 0 Å². The number of benzene rings is 1. The fourth-order valence-corrected chi connectivity index (χ4v) is 7.21. The van der Waals surface area contributed by atoms with E-state index in [2.05, 4.69) is 13.8 Å². The lowest BCUT2D eigenvalue weighted by Gasteiger charge is -2.27. The lowest BCUT2D eigenvalue weighted by atomic mass is 9.79. The monoisotopic (exact) mass is 618 g/mol. The molecule has 0 saturated heterocycles. The summed E-state index contributed by atoms with van der Waals surface area (Å²) in [6.07, 6.45) is 27.4. The molecule has 0 N–H and O–H groups in total. The molecule has 2 aliphatic carbocycles. The number of carbonyl (C=O) groups excluding carboxylic acids is 2. The van der Waals surface area contributed by atoms with Crippen molar-refractivity contribution in [3.05, 3.63) is 23.8 Å². The van der Waals surface area contributed by atoms with Crippen LogP contribution >= 0.6 is 0 Å². The van der Waals surface area contributed by atoms with Crippen molar-refractivity contribution in [3.8, 4) is 11.5 Å². The van der Waals surface area contributed by atoms with Gasteiger partial charge in [-0.1, -0.05) is 117 Å². The van der Waals surface area contributed by atoms with Crippen LogP contribution in [0.4, 0.5) is 8.78 Å². The number of halogens is 2. The van der Waals surface area contributed by atoms with Crippen LogP contribution in [-0.4, -0.2) is 11.9 Å². The van der Waals surface area contributed by atoms with Gasteiger partial charge >= 0.3 is 11.9 Å². The Hall–Kier alpha value is -1.98. The van der Waals surface area contributed by atoms with E-state index in [0.29, 0.717) is 11.8 Å². The van der Waals surface area contributed by atoms with Gasteiger partial charge in [0, 0.05) is 0 Å². The molecule has 6 heteroatoms. The molecule has 0 spiro atoms. The predicted molar refractivity (Wildman–Crippen MR) is 174 cm³/mol. The Morgan fingerprint density at radius 2 is 0.864 bits per heavy atom. The molecule has 250 valence electrons. The van der Waals surface area contributed by atoms with Gasteiger partial charge in [-0.3, -0.25) is 9.59 Å². The van der Waals surface area contributed by atoms with Crippen molar-refractivity contribution in [2.45, 2.75) is 168 Å². The Kier molecular flexibility index (Phi) is 17.4. The van der Waals surface area contributed by atoms with Gasteiger partial charge in [0.15, 0.2) is 11.5 Å². The summed E-state index contributed by atoms with van der Waals surface area (Å²) in [4.78, 5) is 25.5. The average Bonchev–Trinajstić information content (AvgIpc) is 3.04. The highest BCUT2D eigenvalue weighted by Gasteiger charge is 2.31. The molecule has 4 nitrogen and oxygen atoms in total. The summed E-state index contributed by atoms with van der Waals surface area (Å²) in [6, 6.07) is 2.40. The number of esters is 2. The highest BCUT2D eigenvalue weighted by molar-refractivity contribution is 5.76. The number of hydrogen-bond acceptors (Lipinski definition) is 4. The summed E-state index contributed by atoms with van der Waals surface area (Å²) in [5.74, 6) is -3.76. The third kappa shape index (κ3) is 12.8. The smallest absolute Gasteiger partial charge is 0.314 e. The Labute approximate surface area is 266 Å². The van der Waals surface area contributed by atoms with Crippen LogP contribution in [0, 0.1) is 35.3 Å². The van der Waals surface area contributed by atoms with Crippen molar-refractivity contribution < 1.29 is 27.8 Å². The zero-order valence-electron chi connectivity index (χ0n) is 27.8. The largest absolute Gasteiger partial charge is 0.423 e. The van der Waals surface area contributed by atoms with Gasteiger partial charge in [0.25, 0.3) is 0 Å². The van der Waals surface area contributed by atoms with E-state index < -0.39 is 35.1 Å².